The molecule has 3 N–H and O–H groups in total. The number of aliphatic hydroxyl groups is 1. The Morgan fingerprint density at radius 1 is 1.14 bits per heavy atom. The highest BCUT2D eigenvalue weighted by molar-refractivity contribution is 7.91. The molecule has 13 heteroatoms. The van der Waals surface area contributed by atoms with Gasteiger partial charge in [-0.05, 0) is 73.6 Å². The summed E-state index contributed by atoms with van der Waals surface area (Å²) >= 11 is -1.14. The van der Waals surface area contributed by atoms with Crippen molar-refractivity contribution in [2.45, 2.75) is 54.9 Å². The number of ether oxygens (including phenoxy) is 1. The SMILES string of the molecule is COc1ccc(C(=O)/C=C/C(=O)Nc2cnc(C3CCN(c4nc5c(c(NC6(CO)CCC6)n4)[S@+]([O-])CC5)CC3)nc2)cc1. The number of nitrogens with zero attached hydrogens (tertiary/aromatic N) is 5. The van der Waals surface area contributed by atoms with Gasteiger partial charge in [-0.3, -0.25) is 9.59 Å². The Balaban J connectivity index is 1.04. The average molecular weight is 618 g/mol. The molecule has 6 rings (SSSR count). The van der Waals surface area contributed by atoms with Gasteiger partial charge in [0.2, 0.25) is 16.8 Å². The molecule has 1 aromatic carbocycles. The summed E-state index contributed by atoms with van der Waals surface area (Å²) in [5.74, 6) is 2.51. The van der Waals surface area contributed by atoms with E-state index in [1.54, 1.807) is 43.8 Å². The molecule has 3 aromatic rings. The number of aryl methyl sites for hydroxylation is 1. The van der Waals surface area contributed by atoms with Crippen LogP contribution < -0.4 is 20.3 Å². The topological polar surface area (TPSA) is 166 Å². The fourth-order valence-corrected chi connectivity index (χ4v) is 7.03. The van der Waals surface area contributed by atoms with Crippen molar-refractivity contribution < 1.29 is 24.0 Å². The first-order chi connectivity index (χ1) is 21.4. The van der Waals surface area contributed by atoms with E-state index in [1.165, 1.54) is 12.2 Å². The van der Waals surface area contributed by atoms with Gasteiger partial charge in [0.1, 0.15) is 23.0 Å². The van der Waals surface area contributed by atoms with Gasteiger partial charge in [0, 0.05) is 37.1 Å². The second kappa shape index (κ2) is 12.9. The van der Waals surface area contributed by atoms with E-state index in [-0.39, 0.29) is 18.3 Å². The minimum atomic E-state index is -1.14. The van der Waals surface area contributed by atoms with Gasteiger partial charge < -0.3 is 29.9 Å². The Bertz CT molecular complexity index is 1530. The lowest BCUT2D eigenvalue weighted by molar-refractivity contribution is -0.111. The molecule has 1 amide bonds. The van der Waals surface area contributed by atoms with Gasteiger partial charge in [-0.25, -0.2) is 15.0 Å². The Labute approximate surface area is 258 Å². The van der Waals surface area contributed by atoms with Crippen molar-refractivity contribution in [3.8, 4) is 5.75 Å². The number of hydrogen-bond acceptors (Lipinski definition) is 11. The average Bonchev–Trinajstić information content (AvgIpc) is 3.42. The van der Waals surface area contributed by atoms with Crippen LogP contribution in [0.1, 0.15) is 59.9 Å². The van der Waals surface area contributed by atoms with Crippen LogP contribution in [0.15, 0.2) is 53.7 Å². The maximum absolute atomic E-state index is 12.7. The molecule has 1 aliphatic carbocycles. The smallest absolute Gasteiger partial charge is 0.248 e. The number of anilines is 3. The summed E-state index contributed by atoms with van der Waals surface area (Å²) in [4.78, 5) is 46.1. The number of allylic oxidation sites excluding steroid dienone is 1. The summed E-state index contributed by atoms with van der Waals surface area (Å²) in [7, 11) is 1.55. The van der Waals surface area contributed by atoms with Crippen molar-refractivity contribution in [3.05, 3.63) is 65.9 Å². The number of amides is 1. The van der Waals surface area contributed by atoms with Crippen molar-refractivity contribution >= 4 is 40.3 Å². The number of fused-ring (bicyclic) bond motifs is 1. The van der Waals surface area contributed by atoms with Gasteiger partial charge in [-0.15, -0.1) is 0 Å². The molecule has 0 bridgehead atoms. The first-order valence-electron chi connectivity index (χ1n) is 14.8. The third-order valence-electron chi connectivity index (χ3n) is 8.52. The zero-order chi connectivity index (χ0) is 30.7. The van der Waals surface area contributed by atoms with Crippen molar-refractivity contribution in [2.24, 2.45) is 0 Å². The van der Waals surface area contributed by atoms with Crippen molar-refractivity contribution in [3.63, 3.8) is 0 Å². The minimum Gasteiger partial charge on any atom is -0.611 e. The van der Waals surface area contributed by atoms with E-state index in [0.29, 0.717) is 64.7 Å². The first kappa shape index (κ1) is 30.0. The molecule has 3 aliphatic rings. The van der Waals surface area contributed by atoms with Crippen molar-refractivity contribution in [1.29, 1.82) is 0 Å². The van der Waals surface area contributed by atoms with E-state index in [9.17, 15) is 19.2 Å². The zero-order valence-corrected chi connectivity index (χ0v) is 25.3. The fraction of sp³-hybridized carbons (Fsp3) is 0.419. The fourth-order valence-electron chi connectivity index (χ4n) is 5.73. The highest BCUT2D eigenvalue weighted by Crippen LogP contribution is 2.39. The van der Waals surface area contributed by atoms with Crippen molar-refractivity contribution in [1.82, 2.24) is 19.9 Å². The number of aliphatic hydroxyl groups excluding tert-OH is 1. The van der Waals surface area contributed by atoms with Gasteiger partial charge in [-0.2, -0.15) is 4.98 Å². The van der Waals surface area contributed by atoms with E-state index in [2.05, 4.69) is 25.5 Å². The first-order valence-corrected chi connectivity index (χ1v) is 16.1. The molecule has 0 radical (unpaired) electrons. The van der Waals surface area contributed by atoms with Crippen LogP contribution in [0.3, 0.4) is 0 Å². The van der Waals surface area contributed by atoms with Crippen LogP contribution >= 0.6 is 0 Å². The summed E-state index contributed by atoms with van der Waals surface area (Å²) in [6, 6.07) is 6.65. The summed E-state index contributed by atoms with van der Waals surface area (Å²) in [5.41, 5.74) is 1.32. The molecule has 1 atom stereocenters. The second-order valence-electron chi connectivity index (χ2n) is 11.4. The number of ketones is 1. The predicted molar refractivity (Wildman–Crippen MR) is 166 cm³/mol. The lowest BCUT2D eigenvalue weighted by Crippen LogP contribution is -2.49. The lowest BCUT2D eigenvalue weighted by Gasteiger charge is -2.41. The number of carbonyl (C=O) groups excluding carboxylic acids is 2. The zero-order valence-electron chi connectivity index (χ0n) is 24.5. The molecule has 1 saturated heterocycles. The molecule has 44 heavy (non-hydrogen) atoms. The van der Waals surface area contributed by atoms with Gasteiger partial charge in [-0.1, -0.05) is 0 Å². The number of methoxy groups -OCH3 is 1. The molecular formula is C31H35N7O5S. The Morgan fingerprint density at radius 2 is 1.86 bits per heavy atom. The van der Waals surface area contributed by atoms with Crippen LogP contribution in [-0.2, 0) is 22.4 Å². The van der Waals surface area contributed by atoms with Gasteiger partial charge in [0.15, 0.2) is 11.6 Å². The summed E-state index contributed by atoms with van der Waals surface area (Å²) < 4.78 is 17.8. The molecule has 0 unspecified atom stereocenters. The quantitative estimate of drug-likeness (QED) is 0.174. The third-order valence-corrected chi connectivity index (χ3v) is 9.97. The number of rotatable bonds is 10. The number of hydrogen-bond donors (Lipinski definition) is 3. The molecule has 0 spiro atoms. The number of aromatic nitrogens is 4. The normalized spacial score (nSPS) is 19.3. The standard InChI is InChI=1S/C31H35N7O5S/c1-43-23-5-3-20(4-6-23)25(40)7-8-26(41)34-22-17-32-28(33-18-22)21-9-14-38(15-10-21)30-35-24-11-16-44(42)27(24)29(36-30)37-31(19-39)12-2-13-31/h3-8,17-18,21,39H,2,9-16,19H2,1H3,(H,34,41)(H,35,36,37)/b8-7+/t44-/m1/s1. The number of nitrogens with one attached hydrogen (secondary N) is 2. The minimum absolute atomic E-state index is 0.0164. The monoisotopic (exact) mass is 617 g/mol. The van der Waals surface area contributed by atoms with Gasteiger partial charge in [0.05, 0.1) is 37.3 Å². The Kier molecular flexibility index (Phi) is 8.78. The van der Waals surface area contributed by atoms with Crippen molar-refractivity contribution in [2.75, 3.05) is 48.1 Å². The van der Waals surface area contributed by atoms with Crippen LogP contribution in [-0.4, -0.2) is 79.4 Å². The number of piperidine rings is 1. The molecule has 230 valence electrons. The largest absolute Gasteiger partial charge is 0.611 e. The van der Waals surface area contributed by atoms with E-state index < -0.39 is 22.6 Å². The van der Waals surface area contributed by atoms with Crippen LogP contribution in [0.2, 0.25) is 0 Å². The molecule has 1 saturated carbocycles. The van der Waals surface area contributed by atoms with Crippen LogP contribution in [0.5, 0.6) is 5.75 Å². The molecule has 12 nitrogen and oxygen atoms in total. The van der Waals surface area contributed by atoms with E-state index >= 15 is 0 Å². The molecule has 2 aliphatic heterocycles. The Morgan fingerprint density at radius 3 is 2.50 bits per heavy atom. The highest BCUT2D eigenvalue weighted by atomic mass is 32.2. The third kappa shape index (κ3) is 6.40. The summed E-state index contributed by atoms with van der Waals surface area (Å²) in [5, 5.41) is 16.1. The van der Waals surface area contributed by atoms with Gasteiger partial charge >= 0.3 is 0 Å². The van der Waals surface area contributed by atoms with E-state index in [0.717, 1.165) is 37.8 Å². The highest BCUT2D eigenvalue weighted by Gasteiger charge is 2.41. The maximum Gasteiger partial charge on any atom is 0.248 e. The van der Waals surface area contributed by atoms with Crippen LogP contribution in [0, 0.1) is 0 Å². The summed E-state index contributed by atoms with van der Waals surface area (Å²) in [6.07, 6.45) is 10.6. The van der Waals surface area contributed by atoms with Gasteiger partial charge in [0.25, 0.3) is 0 Å². The predicted octanol–water partition coefficient (Wildman–Crippen LogP) is 3.03. The van der Waals surface area contributed by atoms with Crippen LogP contribution in [0.4, 0.5) is 17.5 Å². The van der Waals surface area contributed by atoms with Crippen LogP contribution in [0.25, 0.3) is 0 Å². The molecular weight excluding hydrogens is 582 g/mol. The number of carbonyl (C=O) groups is 2. The second-order valence-corrected chi connectivity index (χ2v) is 12.9. The molecule has 2 fully saturated rings. The van der Waals surface area contributed by atoms with E-state index in [1.807, 2.05) is 0 Å². The number of benzene rings is 1. The lowest BCUT2D eigenvalue weighted by atomic mass is 9.77. The van der Waals surface area contributed by atoms with E-state index in [4.69, 9.17) is 14.7 Å². The molecule has 4 heterocycles. The Hall–Kier alpha value is -4.07. The maximum atomic E-state index is 12.7. The summed E-state index contributed by atoms with van der Waals surface area (Å²) in [6.45, 7) is 1.44. The molecule has 2 aromatic heterocycles.